The van der Waals surface area contributed by atoms with Gasteiger partial charge in [-0.2, -0.15) is 0 Å². The van der Waals surface area contributed by atoms with Crippen LogP contribution in [-0.2, 0) is 0 Å². The van der Waals surface area contributed by atoms with E-state index in [1.54, 1.807) is 13.0 Å². The van der Waals surface area contributed by atoms with E-state index in [9.17, 15) is 9.50 Å². The van der Waals surface area contributed by atoms with Crippen molar-refractivity contribution in [3.05, 3.63) is 29.6 Å². The predicted octanol–water partition coefficient (Wildman–Crippen LogP) is 3.51. The topological polar surface area (TPSA) is 23.5 Å². The molecule has 1 atom stereocenters. The van der Waals surface area contributed by atoms with E-state index in [0.717, 1.165) is 19.5 Å². The number of halogens is 1. The van der Waals surface area contributed by atoms with Gasteiger partial charge in [-0.1, -0.05) is 26.0 Å². The zero-order valence-electron chi connectivity index (χ0n) is 11.4. The molecule has 0 aromatic heterocycles. The number of anilines is 1. The van der Waals surface area contributed by atoms with Gasteiger partial charge >= 0.3 is 0 Å². The summed E-state index contributed by atoms with van der Waals surface area (Å²) in [4.78, 5) is 2.08. The van der Waals surface area contributed by atoms with Crippen molar-refractivity contribution in [3.63, 3.8) is 0 Å². The van der Waals surface area contributed by atoms with Crippen LogP contribution in [0.25, 0.3) is 0 Å². The SMILES string of the molecule is C[C@H](O)c1cccc(F)c1N1CCCC(C)(C)C1. The summed E-state index contributed by atoms with van der Waals surface area (Å²) < 4.78 is 14.1. The van der Waals surface area contributed by atoms with Crippen molar-refractivity contribution in [1.82, 2.24) is 0 Å². The van der Waals surface area contributed by atoms with Gasteiger partial charge in [-0.3, -0.25) is 0 Å². The molecule has 1 aromatic rings. The summed E-state index contributed by atoms with van der Waals surface area (Å²) in [5.74, 6) is -0.230. The number of aliphatic hydroxyl groups is 1. The van der Waals surface area contributed by atoms with Gasteiger partial charge in [0.25, 0.3) is 0 Å². The molecule has 0 amide bonds. The molecule has 3 heteroatoms. The molecule has 1 N–H and O–H groups in total. The Morgan fingerprint density at radius 2 is 2.11 bits per heavy atom. The minimum Gasteiger partial charge on any atom is -0.389 e. The lowest BCUT2D eigenvalue weighted by molar-refractivity contribution is 0.198. The first-order valence-electron chi connectivity index (χ1n) is 6.62. The summed E-state index contributed by atoms with van der Waals surface area (Å²) in [5, 5.41) is 9.80. The molecule has 0 saturated carbocycles. The van der Waals surface area contributed by atoms with Crippen LogP contribution in [0.1, 0.15) is 45.3 Å². The first-order valence-corrected chi connectivity index (χ1v) is 6.62. The Labute approximate surface area is 108 Å². The molecule has 2 rings (SSSR count). The molecular formula is C15H22FNO. The van der Waals surface area contributed by atoms with Gasteiger partial charge in [-0.05, 0) is 31.2 Å². The van der Waals surface area contributed by atoms with Crippen molar-refractivity contribution in [2.45, 2.75) is 39.7 Å². The molecule has 1 aliphatic heterocycles. The van der Waals surface area contributed by atoms with Crippen molar-refractivity contribution in [3.8, 4) is 0 Å². The van der Waals surface area contributed by atoms with Crippen LogP contribution in [-0.4, -0.2) is 18.2 Å². The Balaban J connectivity index is 2.38. The second-order valence-corrected chi connectivity index (χ2v) is 6.04. The Kier molecular flexibility index (Phi) is 3.62. The van der Waals surface area contributed by atoms with E-state index in [1.165, 1.54) is 12.5 Å². The summed E-state index contributed by atoms with van der Waals surface area (Å²) in [6.45, 7) is 7.81. The lowest BCUT2D eigenvalue weighted by Gasteiger charge is -2.40. The van der Waals surface area contributed by atoms with Gasteiger partial charge in [0.2, 0.25) is 0 Å². The third-order valence-electron chi connectivity index (χ3n) is 3.68. The van der Waals surface area contributed by atoms with Crippen LogP contribution in [0.3, 0.4) is 0 Å². The first kappa shape index (κ1) is 13.3. The summed E-state index contributed by atoms with van der Waals surface area (Å²) in [5.41, 5.74) is 1.48. The van der Waals surface area contributed by atoms with Crippen molar-refractivity contribution in [2.24, 2.45) is 5.41 Å². The van der Waals surface area contributed by atoms with Crippen molar-refractivity contribution in [1.29, 1.82) is 0 Å². The Hall–Kier alpha value is -1.09. The molecule has 1 aromatic carbocycles. The van der Waals surface area contributed by atoms with Gasteiger partial charge in [-0.25, -0.2) is 4.39 Å². The maximum absolute atomic E-state index is 14.1. The lowest BCUT2D eigenvalue weighted by atomic mass is 9.83. The quantitative estimate of drug-likeness (QED) is 0.869. The molecule has 0 spiro atoms. The van der Waals surface area contributed by atoms with E-state index >= 15 is 0 Å². The van der Waals surface area contributed by atoms with Gasteiger partial charge in [0.15, 0.2) is 0 Å². The zero-order valence-corrected chi connectivity index (χ0v) is 11.4. The van der Waals surface area contributed by atoms with Crippen LogP contribution in [0.2, 0.25) is 0 Å². The van der Waals surface area contributed by atoms with Gasteiger partial charge in [0.05, 0.1) is 11.8 Å². The fourth-order valence-corrected chi connectivity index (χ4v) is 2.82. The highest BCUT2D eigenvalue weighted by Gasteiger charge is 2.29. The summed E-state index contributed by atoms with van der Waals surface area (Å²) in [6, 6.07) is 4.95. The van der Waals surface area contributed by atoms with Crippen LogP contribution >= 0.6 is 0 Å². The van der Waals surface area contributed by atoms with Gasteiger partial charge in [0.1, 0.15) is 5.82 Å². The van der Waals surface area contributed by atoms with Gasteiger partial charge in [-0.15, -0.1) is 0 Å². The average molecular weight is 251 g/mol. The third-order valence-corrected chi connectivity index (χ3v) is 3.68. The highest BCUT2D eigenvalue weighted by Crippen LogP contribution is 2.36. The molecule has 1 heterocycles. The Bertz CT molecular complexity index is 429. The van der Waals surface area contributed by atoms with Crippen molar-refractivity contribution >= 4 is 5.69 Å². The molecule has 0 radical (unpaired) electrons. The summed E-state index contributed by atoms with van der Waals surface area (Å²) in [6.07, 6.45) is 1.60. The normalized spacial score (nSPS) is 20.8. The zero-order chi connectivity index (χ0) is 13.3. The largest absolute Gasteiger partial charge is 0.389 e. The number of nitrogens with zero attached hydrogens (tertiary/aromatic N) is 1. The number of aliphatic hydroxyl groups excluding tert-OH is 1. The number of piperidine rings is 1. The van der Waals surface area contributed by atoms with E-state index in [4.69, 9.17) is 0 Å². The van der Waals surface area contributed by atoms with E-state index in [-0.39, 0.29) is 11.2 Å². The van der Waals surface area contributed by atoms with E-state index < -0.39 is 6.10 Å². The maximum atomic E-state index is 14.1. The summed E-state index contributed by atoms with van der Waals surface area (Å²) >= 11 is 0. The number of benzene rings is 1. The molecule has 1 saturated heterocycles. The van der Waals surface area contributed by atoms with Gasteiger partial charge < -0.3 is 10.0 Å². The minimum absolute atomic E-state index is 0.205. The minimum atomic E-state index is -0.638. The van der Waals surface area contributed by atoms with Crippen molar-refractivity contribution in [2.75, 3.05) is 18.0 Å². The maximum Gasteiger partial charge on any atom is 0.146 e. The van der Waals surface area contributed by atoms with Crippen LogP contribution < -0.4 is 4.90 Å². The van der Waals surface area contributed by atoms with Gasteiger partial charge in [0, 0.05) is 18.7 Å². The van der Waals surface area contributed by atoms with E-state index in [0.29, 0.717) is 11.3 Å². The smallest absolute Gasteiger partial charge is 0.146 e. The molecule has 100 valence electrons. The molecular weight excluding hydrogens is 229 g/mol. The van der Waals surface area contributed by atoms with Crippen LogP contribution in [0.5, 0.6) is 0 Å². The number of para-hydroxylation sites is 1. The highest BCUT2D eigenvalue weighted by molar-refractivity contribution is 5.56. The fourth-order valence-electron chi connectivity index (χ4n) is 2.82. The highest BCUT2D eigenvalue weighted by atomic mass is 19.1. The average Bonchev–Trinajstić information content (AvgIpc) is 2.27. The lowest BCUT2D eigenvalue weighted by Crippen LogP contribution is -2.41. The first-order chi connectivity index (χ1) is 8.41. The fraction of sp³-hybridized carbons (Fsp3) is 0.600. The second-order valence-electron chi connectivity index (χ2n) is 6.04. The van der Waals surface area contributed by atoms with E-state index in [1.807, 2.05) is 6.07 Å². The molecule has 2 nitrogen and oxygen atoms in total. The Morgan fingerprint density at radius 1 is 1.39 bits per heavy atom. The number of hydrogen-bond acceptors (Lipinski definition) is 2. The Morgan fingerprint density at radius 3 is 2.72 bits per heavy atom. The van der Waals surface area contributed by atoms with Crippen LogP contribution in [0, 0.1) is 11.2 Å². The second kappa shape index (κ2) is 4.88. The molecule has 1 aliphatic rings. The third kappa shape index (κ3) is 2.66. The number of hydrogen-bond donors (Lipinski definition) is 1. The predicted molar refractivity (Wildman–Crippen MR) is 72.3 cm³/mol. The standard InChI is InChI=1S/C15H22FNO/c1-11(18)12-6-4-7-13(16)14(12)17-9-5-8-15(2,3)10-17/h4,6-7,11,18H,5,8-10H2,1-3H3/t11-/m0/s1. The molecule has 0 bridgehead atoms. The van der Waals surface area contributed by atoms with Crippen LogP contribution in [0.15, 0.2) is 18.2 Å². The molecule has 1 fully saturated rings. The van der Waals surface area contributed by atoms with Crippen molar-refractivity contribution < 1.29 is 9.50 Å². The molecule has 0 unspecified atom stereocenters. The molecule has 0 aliphatic carbocycles. The monoisotopic (exact) mass is 251 g/mol. The molecule has 18 heavy (non-hydrogen) atoms. The van der Waals surface area contributed by atoms with Crippen LogP contribution in [0.4, 0.5) is 10.1 Å². The summed E-state index contributed by atoms with van der Waals surface area (Å²) in [7, 11) is 0. The van der Waals surface area contributed by atoms with E-state index in [2.05, 4.69) is 18.7 Å². The number of rotatable bonds is 2.